The number of carbonyl (C=O) groups excluding carboxylic acids is 1. The van der Waals surface area contributed by atoms with Crippen molar-refractivity contribution in [3.05, 3.63) is 52.7 Å². The number of carbonyl (C=O) groups is 1. The van der Waals surface area contributed by atoms with Crippen molar-refractivity contribution in [1.82, 2.24) is 24.7 Å². The van der Waals surface area contributed by atoms with Crippen LogP contribution in [0.15, 0.2) is 24.5 Å². The molecule has 39 heavy (non-hydrogen) atoms. The van der Waals surface area contributed by atoms with Crippen molar-refractivity contribution in [2.75, 3.05) is 64.3 Å². The SMILES string of the molecule is C[C@@H]1C[C@@H](O)c2ncnc(N3CCN(C(C(C=O)c4ccc(C(F)(F)F)c(F)c4)N4CCN(C)CC4)CC3)c21. The van der Waals surface area contributed by atoms with Gasteiger partial charge in [-0.3, -0.25) is 9.80 Å². The molecule has 5 rings (SSSR count). The number of alkyl halides is 3. The highest BCUT2D eigenvalue weighted by Crippen LogP contribution is 2.43. The summed E-state index contributed by atoms with van der Waals surface area (Å²) in [6, 6.07) is 2.81. The summed E-state index contributed by atoms with van der Waals surface area (Å²) in [5, 5.41) is 10.4. The van der Waals surface area contributed by atoms with Gasteiger partial charge in [-0.2, -0.15) is 13.2 Å². The molecule has 3 aliphatic rings. The first kappa shape index (κ1) is 27.9. The molecule has 8 nitrogen and oxygen atoms in total. The van der Waals surface area contributed by atoms with Crippen molar-refractivity contribution in [3.8, 4) is 0 Å². The number of aldehydes is 1. The molecule has 2 unspecified atom stereocenters. The van der Waals surface area contributed by atoms with Crippen molar-refractivity contribution in [3.63, 3.8) is 0 Å². The molecular formula is C27H34F4N6O2. The van der Waals surface area contributed by atoms with E-state index in [1.165, 1.54) is 12.4 Å². The number of piperazine rings is 2. The van der Waals surface area contributed by atoms with E-state index in [9.17, 15) is 27.5 Å². The highest BCUT2D eigenvalue weighted by atomic mass is 19.4. The minimum Gasteiger partial charge on any atom is -0.387 e. The zero-order valence-electron chi connectivity index (χ0n) is 22.1. The average molecular weight is 551 g/mol. The molecule has 0 spiro atoms. The van der Waals surface area contributed by atoms with Crippen molar-refractivity contribution >= 4 is 12.1 Å². The van der Waals surface area contributed by atoms with Crippen LogP contribution in [0.5, 0.6) is 0 Å². The van der Waals surface area contributed by atoms with Gasteiger partial charge in [-0.1, -0.05) is 13.0 Å². The Morgan fingerprint density at radius 3 is 2.26 bits per heavy atom. The first-order valence-corrected chi connectivity index (χ1v) is 13.3. The predicted octanol–water partition coefficient (Wildman–Crippen LogP) is 2.85. The van der Waals surface area contributed by atoms with E-state index in [0.717, 1.165) is 42.9 Å². The molecule has 1 N–H and O–H groups in total. The summed E-state index contributed by atoms with van der Waals surface area (Å²) in [5.41, 5.74) is 0.548. The van der Waals surface area contributed by atoms with Gasteiger partial charge in [-0.05, 0) is 37.1 Å². The van der Waals surface area contributed by atoms with E-state index >= 15 is 0 Å². The van der Waals surface area contributed by atoms with Gasteiger partial charge in [0.1, 0.15) is 24.2 Å². The summed E-state index contributed by atoms with van der Waals surface area (Å²) in [7, 11) is 2.02. The second-order valence-corrected chi connectivity index (χ2v) is 10.8. The quantitative estimate of drug-likeness (QED) is 0.435. The maximum atomic E-state index is 14.5. The van der Waals surface area contributed by atoms with Crippen LogP contribution in [0.2, 0.25) is 0 Å². The number of hydrogen-bond donors (Lipinski definition) is 1. The predicted molar refractivity (Wildman–Crippen MR) is 137 cm³/mol. The number of aliphatic hydroxyl groups is 1. The number of benzene rings is 1. The Bertz CT molecular complexity index is 1180. The molecule has 0 amide bonds. The Labute approximate surface area is 225 Å². The Balaban J connectivity index is 1.40. The van der Waals surface area contributed by atoms with Crippen LogP contribution in [0.4, 0.5) is 23.4 Å². The van der Waals surface area contributed by atoms with Gasteiger partial charge in [0.15, 0.2) is 0 Å². The lowest BCUT2D eigenvalue weighted by atomic mass is 9.93. The lowest BCUT2D eigenvalue weighted by Crippen LogP contribution is -2.61. The molecule has 1 aliphatic carbocycles. The van der Waals surface area contributed by atoms with E-state index in [1.807, 2.05) is 7.05 Å². The number of hydrogen-bond acceptors (Lipinski definition) is 8. The minimum atomic E-state index is -4.80. The van der Waals surface area contributed by atoms with Crippen LogP contribution in [0.3, 0.4) is 0 Å². The topological polar surface area (TPSA) is 76.0 Å². The number of rotatable bonds is 6. The summed E-state index contributed by atoms with van der Waals surface area (Å²) in [4.78, 5) is 30.1. The highest BCUT2D eigenvalue weighted by molar-refractivity contribution is 5.64. The molecule has 12 heteroatoms. The number of aliphatic hydroxyl groups excluding tert-OH is 1. The smallest absolute Gasteiger partial charge is 0.387 e. The third kappa shape index (κ3) is 5.52. The average Bonchev–Trinajstić information content (AvgIpc) is 3.20. The number of aromatic nitrogens is 2. The van der Waals surface area contributed by atoms with Gasteiger partial charge in [-0.15, -0.1) is 0 Å². The highest BCUT2D eigenvalue weighted by Gasteiger charge is 2.40. The zero-order valence-corrected chi connectivity index (χ0v) is 22.1. The lowest BCUT2D eigenvalue weighted by Gasteiger charge is -2.48. The summed E-state index contributed by atoms with van der Waals surface area (Å²) in [6.07, 6.45) is -3.00. The standard InChI is InChI=1S/C27H34F4N6O2/c1-17-13-22(39)24-23(17)25(33-16-32-24)35-9-11-37(12-10-35)26(36-7-5-34(2)6-8-36)19(15-38)18-3-4-20(21(28)14-18)27(29,30)31/h3-4,14-17,19,22,26,39H,5-13H2,1-2H3/t17-,19?,22-,26?/m1/s1. The van der Waals surface area contributed by atoms with Crippen LogP contribution in [0.25, 0.3) is 0 Å². The molecule has 4 atom stereocenters. The third-order valence-electron chi connectivity index (χ3n) is 8.33. The van der Waals surface area contributed by atoms with Crippen LogP contribution in [0, 0.1) is 5.82 Å². The molecule has 2 aromatic rings. The van der Waals surface area contributed by atoms with Gasteiger partial charge in [0.2, 0.25) is 0 Å². The molecule has 0 radical (unpaired) electrons. The van der Waals surface area contributed by atoms with Gasteiger partial charge >= 0.3 is 6.18 Å². The van der Waals surface area contributed by atoms with Crippen molar-refractivity contribution < 1.29 is 27.5 Å². The molecule has 2 saturated heterocycles. The molecule has 1 aromatic carbocycles. The molecule has 2 fully saturated rings. The van der Waals surface area contributed by atoms with E-state index in [1.54, 1.807) is 0 Å². The minimum absolute atomic E-state index is 0.135. The molecule has 212 valence electrons. The fourth-order valence-corrected chi connectivity index (χ4v) is 6.21. The summed E-state index contributed by atoms with van der Waals surface area (Å²) in [5.74, 6) is -1.24. The van der Waals surface area contributed by atoms with E-state index in [2.05, 4.69) is 36.5 Å². The normalized spacial score (nSPS) is 24.9. The molecule has 2 aliphatic heterocycles. The summed E-state index contributed by atoms with van der Waals surface area (Å²) >= 11 is 0. The fourth-order valence-electron chi connectivity index (χ4n) is 6.21. The Kier molecular flexibility index (Phi) is 7.91. The second kappa shape index (κ2) is 11.1. The second-order valence-electron chi connectivity index (χ2n) is 10.8. The Morgan fingerprint density at radius 1 is 1.03 bits per heavy atom. The molecular weight excluding hydrogens is 516 g/mol. The number of fused-ring (bicyclic) bond motifs is 1. The van der Waals surface area contributed by atoms with E-state index in [-0.39, 0.29) is 11.5 Å². The molecule has 1 aromatic heterocycles. The zero-order chi connectivity index (χ0) is 27.9. The summed E-state index contributed by atoms with van der Waals surface area (Å²) in [6.45, 7) is 7.40. The van der Waals surface area contributed by atoms with Crippen LogP contribution in [-0.4, -0.2) is 102 Å². The van der Waals surface area contributed by atoms with Crippen LogP contribution in [0.1, 0.15) is 53.7 Å². The van der Waals surface area contributed by atoms with Crippen molar-refractivity contribution in [2.24, 2.45) is 0 Å². The largest absolute Gasteiger partial charge is 0.419 e. The van der Waals surface area contributed by atoms with Crippen molar-refractivity contribution in [1.29, 1.82) is 0 Å². The third-order valence-corrected chi connectivity index (χ3v) is 8.33. The van der Waals surface area contributed by atoms with E-state index in [4.69, 9.17) is 0 Å². The first-order chi connectivity index (χ1) is 18.6. The summed E-state index contributed by atoms with van der Waals surface area (Å²) < 4.78 is 54.1. The number of halogens is 4. The van der Waals surface area contributed by atoms with Gasteiger partial charge in [0, 0.05) is 57.9 Å². The monoisotopic (exact) mass is 550 g/mol. The molecule has 3 heterocycles. The Morgan fingerprint density at radius 2 is 1.67 bits per heavy atom. The first-order valence-electron chi connectivity index (χ1n) is 13.3. The molecule has 0 bridgehead atoms. The van der Waals surface area contributed by atoms with Gasteiger partial charge in [0.05, 0.1) is 29.4 Å². The van der Waals surface area contributed by atoms with E-state index < -0.39 is 35.7 Å². The number of nitrogens with zero attached hydrogens (tertiary/aromatic N) is 6. The lowest BCUT2D eigenvalue weighted by molar-refractivity contribution is -0.140. The van der Waals surface area contributed by atoms with Crippen LogP contribution in [-0.2, 0) is 11.0 Å². The van der Waals surface area contributed by atoms with Crippen molar-refractivity contribution in [2.45, 2.75) is 43.6 Å². The van der Waals surface area contributed by atoms with Gasteiger partial charge < -0.3 is 19.7 Å². The molecule has 0 saturated carbocycles. The maximum absolute atomic E-state index is 14.5. The van der Waals surface area contributed by atoms with Gasteiger partial charge in [-0.25, -0.2) is 14.4 Å². The van der Waals surface area contributed by atoms with Crippen LogP contribution < -0.4 is 4.90 Å². The van der Waals surface area contributed by atoms with Gasteiger partial charge in [0.25, 0.3) is 0 Å². The number of anilines is 1. The number of likely N-dealkylation sites (N-methyl/N-ethyl adjacent to an activating group) is 1. The van der Waals surface area contributed by atoms with Crippen LogP contribution >= 0.6 is 0 Å². The fraction of sp³-hybridized carbons (Fsp3) is 0.593. The van der Waals surface area contributed by atoms with E-state index in [0.29, 0.717) is 51.4 Å². The Hall–Kier alpha value is -2.67. The maximum Gasteiger partial charge on any atom is 0.419 e.